The summed E-state index contributed by atoms with van der Waals surface area (Å²) in [5.74, 6) is -0.438. The zero-order valence-corrected chi connectivity index (χ0v) is 10.6. The Morgan fingerprint density at radius 3 is 3.05 bits per heavy atom. The molecule has 1 fully saturated rings. The van der Waals surface area contributed by atoms with Gasteiger partial charge in [0, 0.05) is 25.2 Å². The van der Waals surface area contributed by atoms with Crippen LogP contribution in [0.2, 0.25) is 0 Å². The molecule has 1 unspecified atom stereocenters. The van der Waals surface area contributed by atoms with Crippen LogP contribution in [0.4, 0.5) is 8.78 Å². The average Bonchev–Trinajstić information content (AvgIpc) is 2.46. The number of nitrogens with zero attached hydrogens (tertiary/aromatic N) is 2. The quantitative estimate of drug-likeness (QED) is 0.905. The second kappa shape index (κ2) is 6.30. The van der Waals surface area contributed by atoms with Crippen molar-refractivity contribution < 1.29 is 18.3 Å². The van der Waals surface area contributed by atoms with E-state index < -0.39 is 12.7 Å². The third kappa shape index (κ3) is 3.22. The molecule has 1 N–H and O–H groups in total. The van der Waals surface area contributed by atoms with Crippen molar-refractivity contribution >= 4 is 5.91 Å². The predicted molar refractivity (Wildman–Crippen MR) is 66.4 cm³/mol. The SMILES string of the molecule is N#CC1CNCCN1C(=O)c1cccc(OC(F)F)c1. The molecular formula is C13H13F2N3O2. The lowest BCUT2D eigenvalue weighted by atomic mass is 10.1. The third-order valence-corrected chi connectivity index (χ3v) is 2.96. The largest absolute Gasteiger partial charge is 0.435 e. The molecule has 2 rings (SSSR count). The topological polar surface area (TPSA) is 65.4 Å². The summed E-state index contributed by atoms with van der Waals surface area (Å²) in [5, 5.41) is 12.0. The van der Waals surface area contributed by atoms with Crippen molar-refractivity contribution in [1.29, 1.82) is 5.26 Å². The maximum atomic E-state index is 12.3. The maximum absolute atomic E-state index is 12.3. The Bertz CT molecular complexity index is 531. The fourth-order valence-electron chi connectivity index (χ4n) is 2.03. The van der Waals surface area contributed by atoms with Crippen molar-refractivity contribution in [1.82, 2.24) is 10.2 Å². The van der Waals surface area contributed by atoms with Gasteiger partial charge in [-0.05, 0) is 18.2 Å². The molecule has 1 aliphatic heterocycles. The fourth-order valence-corrected chi connectivity index (χ4v) is 2.03. The van der Waals surface area contributed by atoms with Gasteiger partial charge in [0.05, 0.1) is 6.07 Å². The summed E-state index contributed by atoms with van der Waals surface area (Å²) in [6.45, 7) is -1.55. The first kappa shape index (κ1) is 14.2. The van der Waals surface area contributed by atoms with Gasteiger partial charge in [-0.25, -0.2) is 0 Å². The molecule has 1 atom stereocenters. The van der Waals surface area contributed by atoms with Gasteiger partial charge in [-0.15, -0.1) is 0 Å². The number of piperazine rings is 1. The normalized spacial score (nSPS) is 18.7. The third-order valence-electron chi connectivity index (χ3n) is 2.96. The summed E-state index contributed by atoms with van der Waals surface area (Å²) >= 11 is 0. The van der Waals surface area contributed by atoms with E-state index in [9.17, 15) is 13.6 Å². The van der Waals surface area contributed by atoms with E-state index in [1.54, 1.807) is 0 Å². The number of nitrogens with one attached hydrogen (secondary N) is 1. The number of carbonyl (C=O) groups excluding carboxylic acids is 1. The lowest BCUT2D eigenvalue weighted by molar-refractivity contribution is -0.0499. The van der Waals surface area contributed by atoms with E-state index in [4.69, 9.17) is 5.26 Å². The van der Waals surface area contributed by atoms with Gasteiger partial charge in [-0.1, -0.05) is 6.07 Å². The van der Waals surface area contributed by atoms with Gasteiger partial charge >= 0.3 is 6.61 Å². The standard InChI is InChI=1S/C13H13F2N3O2/c14-13(15)20-11-3-1-2-9(6-11)12(19)18-5-4-17-8-10(18)7-16/h1-3,6,10,13,17H,4-5,8H2. The molecule has 0 aromatic heterocycles. The van der Waals surface area contributed by atoms with Crippen LogP contribution in [0.5, 0.6) is 5.75 Å². The first-order chi connectivity index (χ1) is 9.61. The van der Waals surface area contributed by atoms with E-state index in [0.717, 1.165) is 0 Å². The van der Waals surface area contributed by atoms with E-state index in [-0.39, 0.29) is 17.2 Å². The van der Waals surface area contributed by atoms with Crippen molar-refractivity contribution in [2.24, 2.45) is 0 Å². The van der Waals surface area contributed by atoms with E-state index in [2.05, 4.69) is 10.1 Å². The molecular weight excluding hydrogens is 268 g/mol. The Hall–Kier alpha value is -2.20. The van der Waals surface area contributed by atoms with Crippen molar-refractivity contribution in [3.63, 3.8) is 0 Å². The van der Waals surface area contributed by atoms with Crippen LogP contribution in [0.1, 0.15) is 10.4 Å². The maximum Gasteiger partial charge on any atom is 0.387 e. The van der Waals surface area contributed by atoms with Gasteiger partial charge in [0.2, 0.25) is 0 Å². The molecule has 0 spiro atoms. The molecule has 1 aromatic carbocycles. The smallest absolute Gasteiger partial charge is 0.387 e. The highest BCUT2D eigenvalue weighted by molar-refractivity contribution is 5.95. The number of benzene rings is 1. The van der Waals surface area contributed by atoms with E-state index in [1.165, 1.54) is 29.2 Å². The second-order valence-corrected chi connectivity index (χ2v) is 4.25. The predicted octanol–water partition coefficient (Wildman–Crippen LogP) is 1.23. The summed E-state index contributed by atoms with van der Waals surface area (Å²) < 4.78 is 28.6. The zero-order valence-electron chi connectivity index (χ0n) is 10.6. The molecule has 7 heteroatoms. The Labute approximate surface area is 114 Å². The molecule has 20 heavy (non-hydrogen) atoms. The number of rotatable bonds is 3. The molecule has 5 nitrogen and oxygen atoms in total. The number of nitriles is 1. The minimum Gasteiger partial charge on any atom is -0.435 e. The lowest BCUT2D eigenvalue weighted by Crippen LogP contribution is -2.53. The van der Waals surface area contributed by atoms with E-state index in [0.29, 0.717) is 19.6 Å². The van der Waals surface area contributed by atoms with Crippen molar-refractivity contribution in [2.45, 2.75) is 12.7 Å². The Kier molecular flexibility index (Phi) is 4.48. The second-order valence-electron chi connectivity index (χ2n) is 4.25. The number of alkyl halides is 2. The van der Waals surface area contributed by atoms with Crippen LogP contribution >= 0.6 is 0 Å². The van der Waals surface area contributed by atoms with Crippen molar-refractivity contribution in [3.8, 4) is 11.8 Å². The molecule has 0 bridgehead atoms. The average molecular weight is 281 g/mol. The summed E-state index contributed by atoms with van der Waals surface area (Å²) in [6, 6.07) is 7.07. The van der Waals surface area contributed by atoms with E-state index >= 15 is 0 Å². The summed E-state index contributed by atoms with van der Waals surface area (Å²) in [5.41, 5.74) is 0.227. The highest BCUT2D eigenvalue weighted by atomic mass is 19.3. The van der Waals surface area contributed by atoms with Crippen LogP contribution in [0.15, 0.2) is 24.3 Å². The molecule has 0 saturated carbocycles. The molecule has 1 amide bonds. The molecule has 106 valence electrons. The number of halogens is 2. The molecule has 0 aliphatic carbocycles. The Morgan fingerprint density at radius 1 is 1.55 bits per heavy atom. The van der Waals surface area contributed by atoms with Gasteiger partial charge in [-0.2, -0.15) is 14.0 Å². The molecule has 1 saturated heterocycles. The highest BCUT2D eigenvalue weighted by Crippen LogP contribution is 2.18. The number of carbonyl (C=O) groups is 1. The Balaban J connectivity index is 2.18. The summed E-state index contributed by atoms with van der Waals surface area (Å²) in [6.07, 6.45) is 0. The first-order valence-electron chi connectivity index (χ1n) is 6.08. The van der Waals surface area contributed by atoms with Crippen molar-refractivity contribution in [2.75, 3.05) is 19.6 Å². The fraction of sp³-hybridized carbons (Fsp3) is 0.385. The number of amides is 1. The van der Waals surface area contributed by atoms with Gasteiger partial charge in [-0.3, -0.25) is 4.79 Å². The summed E-state index contributed by atoms with van der Waals surface area (Å²) in [7, 11) is 0. The van der Waals surface area contributed by atoms with Gasteiger partial charge < -0.3 is 15.0 Å². The van der Waals surface area contributed by atoms with Crippen LogP contribution in [0.25, 0.3) is 0 Å². The van der Waals surface area contributed by atoms with Crippen LogP contribution < -0.4 is 10.1 Å². The van der Waals surface area contributed by atoms with Crippen LogP contribution in [-0.4, -0.2) is 43.1 Å². The highest BCUT2D eigenvalue weighted by Gasteiger charge is 2.27. The van der Waals surface area contributed by atoms with Crippen LogP contribution in [0, 0.1) is 11.3 Å². The summed E-state index contributed by atoms with van der Waals surface area (Å²) in [4.78, 5) is 13.7. The van der Waals surface area contributed by atoms with E-state index in [1.807, 2.05) is 6.07 Å². The molecule has 1 heterocycles. The zero-order chi connectivity index (χ0) is 14.5. The monoisotopic (exact) mass is 281 g/mol. The lowest BCUT2D eigenvalue weighted by Gasteiger charge is -2.32. The van der Waals surface area contributed by atoms with Crippen LogP contribution in [-0.2, 0) is 0 Å². The van der Waals surface area contributed by atoms with Gasteiger partial charge in [0.15, 0.2) is 0 Å². The number of ether oxygens (including phenoxy) is 1. The molecule has 1 aliphatic rings. The van der Waals surface area contributed by atoms with Crippen LogP contribution in [0.3, 0.4) is 0 Å². The van der Waals surface area contributed by atoms with Crippen molar-refractivity contribution in [3.05, 3.63) is 29.8 Å². The number of hydrogen-bond acceptors (Lipinski definition) is 4. The number of hydrogen-bond donors (Lipinski definition) is 1. The minimum absolute atomic E-state index is 0.0745. The van der Waals surface area contributed by atoms with Gasteiger partial charge in [0.25, 0.3) is 5.91 Å². The van der Waals surface area contributed by atoms with Gasteiger partial charge in [0.1, 0.15) is 11.8 Å². The first-order valence-corrected chi connectivity index (χ1v) is 6.08. The molecule has 1 aromatic rings. The Morgan fingerprint density at radius 2 is 2.35 bits per heavy atom. The molecule has 0 radical (unpaired) electrons. The minimum atomic E-state index is -2.94.